The lowest BCUT2D eigenvalue weighted by Gasteiger charge is -2.37. The highest BCUT2D eigenvalue weighted by molar-refractivity contribution is 5.89. The van der Waals surface area contributed by atoms with E-state index in [1.54, 1.807) is 7.05 Å². The predicted octanol–water partition coefficient (Wildman–Crippen LogP) is -0.162. The molecule has 1 saturated carbocycles. The molecule has 0 heterocycles. The molecule has 5 heteroatoms. The Balaban J connectivity index is 2.67. The van der Waals surface area contributed by atoms with E-state index >= 15 is 0 Å². The molecule has 2 unspecified atom stereocenters. The number of carbonyl (C=O) groups is 2. The fourth-order valence-electron chi connectivity index (χ4n) is 2.47. The van der Waals surface area contributed by atoms with Crippen LogP contribution in [0.15, 0.2) is 0 Å². The molecule has 0 saturated heterocycles. The number of nitrogens with zero attached hydrogens (tertiary/aromatic N) is 1. The molecule has 0 aromatic rings. The van der Waals surface area contributed by atoms with E-state index in [0.717, 1.165) is 12.8 Å². The Kier molecular flexibility index (Phi) is 3.91. The zero-order valence-electron chi connectivity index (χ0n) is 10.0. The van der Waals surface area contributed by atoms with E-state index in [0.29, 0.717) is 18.8 Å². The largest absolute Gasteiger partial charge is 0.368 e. The van der Waals surface area contributed by atoms with E-state index in [1.165, 1.54) is 4.90 Å². The fourth-order valence-corrected chi connectivity index (χ4v) is 2.47. The van der Waals surface area contributed by atoms with Crippen LogP contribution in [0.3, 0.4) is 0 Å². The first kappa shape index (κ1) is 13.0. The second kappa shape index (κ2) is 4.82. The standard InChI is InChI=1S/C11H21N3O2/c1-8-4-3-5-11(13,6-8)10(16)14(2)7-9(12)15/h8H,3-7,13H2,1-2H3,(H2,12,15). The molecule has 1 aliphatic rings. The minimum absolute atomic E-state index is 0.0633. The summed E-state index contributed by atoms with van der Waals surface area (Å²) in [7, 11) is 1.57. The number of carbonyl (C=O) groups excluding carboxylic acids is 2. The van der Waals surface area contributed by atoms with Crippen molar-refractivity contribution in [3.63, 3.8) is 0 Å². The Labute approximate surface area is 96.1 Å². The minimum Gasteiger partial charge on any atom is -0.368 e. The summed E-state index contributed by atoms with van der Waals surface area (Å²) >= 11 is 0. The highest BCUT2D eigenvalue weighted by atomic mass is 16.2. The molecule has 92 valence electrons. The molecule has 0 bridgehead atoms. The lowest BCUT2D eigenvalue weighted by atomic mass is 9.76. The third-order valence-electron chi connectivity index (χ3n) is 3.20. The van der Waals surface area contributed by atoms with Crippen molar-refractivity contribution >= 4 is 11.8 Å². The average molecular weight is 227 g/mol. The van der Waals surface area contributed by atoms with Crippen LogP contribution >= 0.6 is 0 Å². The van der Waals surface area contributed by atoms with Gasteiger partial charge in [0.05, 0.1) is 12.1 Å². The molecule has 16 heavy (non-hydrogen) atoms. The highest BCUT2D eigenvalue weighted by Gasteiger charge is 2.39. The summed E-state index contributed by atoms with van der Waals surface area (Å²) < 4.78 is 0. The van der Waals surface area contributed by atoms with Crippen LogP contribution < -0.4 is 11.5 Å². The molecule has 4 N–H and O–H groups in total. The van der Waals surface area contributed by atoms with Gasteiger partial charge in [0.1, 0.15) is 0 Å². The molecule has 1 aliphatic carbocycles. The average Bonchev–Trinajstić information content (AvgIpc) is 2.15. The molecule has 0 aromatic heterocycles. The molecular weight excluding hydrogens is 206 g/mol. The monoisotopic (exact) mass is 227 g/mol. The second-order valence-electron chi connectivity index (χ2n) is 4.99. The van der Waals surface area contributed by atoms with Crippen molar-refractivity contribution in [2.45, 2.75) is 38.1 Å². The molecule has 1 rings (SSSR count). The van der Waals surface area contributed by atoms with Gasteiger partial charge in [-0.3, -0.25) is 9.59 Å². The van der Waals surface area contributed by atoms with Crippen LogP contribution in [0.2, 0.25) is 0 Å². The third kappa shape index (κ3) is 2.95. The second-order valence-corrected chi connectivity index (χ2v) is 4.99. The van der Waals surface area contributed by atoms with Gasteiger partial charge in [-0.05, 0) is 18.8 Å². The SMILES string of the molecule is CC1CCCC(N)(C(=O)N(C)CC(N)=O)C1. The molecule has 1 fully saturated rings. The van der Waals surface area contributed by atoms with Crippen molar-refractivity contribution in [2.24, 2.45) is 17.4 Å². The normalized spacial score (nSPS) is 29.8. The van der Waals surface area contributed by atoms with E-state index < -0.39 is 11.4 Å². The Morgan fingerprint density at radius 1 is 1.50 bits per heavy atom. The Bertz CT molecular complexity index is 293. The molecule has 0 spiro atoms. The summed E-state index contributed by atoms with van der Waals surface area (Å²) in [6, 6.07) is 0. The van der Waals surface area contributed by atoms with Crippen LogP contribution in [0.4, 0.5) is 0 Å². The van der Waals surface area contributed by atoms with Crippen molar-refractivity contribution < 1.29 is 9.59 Å². The van der Waals surface area contributed by atoms with Crippen molar-refractivity contribution in [3.8, 4) is 0 Å². The summed E-state index contributed by atoms with van der Waals surface area (Å²) in [5.41, 5.74) is 10.4. The summed E-state index contributed by atoms with van der Waals surface area (Å²) in [4.78, 5) is 24.2. The van der Waals surface area contributed by atoms with Crippen molar-refractivity contribution in [1.82, 2.24) is 4.90 Å². The van der Waals surface area contributed by atoms with Crippen LogP contribution in [0.1, 0.15) is 32.6 Å². The lowest BCUT2D eigenvalue weighted by molar-refractivity contribution is -0.140. The van der Waals surface area contributed by atoms with Gasteiger partial charge < -0.3 is 16.4 Å². The van der Waals surface area contributed by atoms with Gasteiger partial charge in [-0.25, -0.2) is 0 Å². The van der Waals surface area contributed by atoms with Crippen LogP contribution in [-0.2, 0) is 9.59 Å². The van der Waals surface area contributed by atoms with Crippen molar-refractivity contribution in [1.29, 1.82) is 0 Å². The topological polar surface area (TPSA) is 89.4 Å². The summed E-state index contributed by atoms with van der Waals surface area (Å²) in [6.45, 7) is 2.04. The Hall–Kier alpha value is -1.10. The number of nitrogens with two attached hydrogens (primary N) is 2. The fraction of sp³-hybridized carbons (Fsp3) is 0.818. The Morgan fingerprint density at radius 3 is 2.62 bits per heavy atom. The summed E-state index contributed by atoms with van der Waals surface area (Å²) in [6.07, 6.45) is 3.47. The Morgan fingerprint density at radius 2 is 2.12 bits per heavy atom. The van der Waals surface area contributed by atoms with E-state index in [4.69, 9.17) is 11.5 Å². The minimum atomic E-state index is -0.804. The number of hydrogen-bond donors (Lipinski definition) is 2. The lowest BCUT2D eigenvalue weighted by Crippen LogP contribution is -2.57. The van der Waals surface area contributed by atoms with E-state index in [2.05, 4.69) is 6.92 Å². The van der Waals surface area contributed by atoms with Gasteiger partial charge in [-0.15, -0.1) is 0 Å². The molecule has 2 atom stereocenters. The first-order chi connectivity index (χ1) is 7.35. The van der Waals surface area contributed by atoms with Gasteiger partial charge in [0.15, 0.2) is 0 Å². The quantitative estimate of drug-likeness (QED) is 0.702. The first-order valence-corrected chi connectivity index (χ1v) is 5.68. The predicted molar refractivity (Wildman–Crippen MR) is 61.4 cm³/mol. The van der Waals surface area contributed by atoms with Crippen LogP contribution in [0.25, 0.3) is 0 Å². The summed E-state index contributed by atoms with van der Waals surface area (Å²) in [5, 5.41) is 0. The van der Waals surface area contributed by atoms with Crippen LogP contribution in [0, 0.1) is 5.92 Å². The first-order valence-electron chi connectivity index (χ1n) is 5.68. The van der Waals surface area contributed by atoms with E-state index in [9.17, 15) is 9.59 Å². The zero-order valence-corrected chi connectivity index (χ0v) is 10.0. The number of primary amides is 1. The van der Waals surface area contributed by atoms with Gasteiger partial charge in [0.25, 0.3) is 0 Å². The molecule has 0 radical (unpaired) electrons. The molecule has 0 aromatic carbocycles. The van der Waals surface area contributed by atoms with Gasteiger partial charge >= 0.3 is 0 Å². The van der Waals surface area contributed by atoms with Gasteiger partial charge in [-0.2, -0.15) is 0 Å². The van der Waals surface area contributed by atoms with Crippen LogP contribution in [0.5, 0.6) is 0 Å². The number of hydrogen-bond acceptors (Lipinski definition) is 3. The molecule has 2 amide bonds. The van der Waals surface area contributed by atoms with Gasteiger partial charge in [0, 0.05) is 7.05 Å². The molecule has 0 aliphatic heterocycles. The van der Waals surface area contributed by atoms with E-state index in [-0.39, 0.29) is 12.5 Å². The van der Waals surface area contributed by atoms with Crippen molar-refractivity contribution in [3.05, 3.63) is 0 Å². The summed E-state index contributed by atoms with van der Waals surface area (Å²) in [5.74, 6) is -0.217. The van der Waals surface area contributed by atoms with Crippen molar-refractivity contribution in [2.75, 3.05) is 13.6 Å². The van der Waals surface area contributed by atoms with Gasteiger partial charge in [0.2, 0.25) is 11.8 Å². The maximum absolute atomic E-state index is 12.1. The maximum atomic E-state index is 12.1. The number of rotatable bonds is 3. The smallest absolute Gasteiger partial charge is 0.242 e. The van der Waals surface area contributed by atoms with Crippen LogP contribution in [-0.4, -0.2) is 35.8 Å². The molecule has 5 nitrogen and oxygen atoms in total. The van der Waals surface area contributed by atoms with E-state index in [1.807, 2.05) is 0 Å². The van der Waals surface area contributed by atoms with Gasteiger partial charge in [-0.1, -0.05) is 19.8 Å². The molecular formula is C11H21N3O2. The third-order valence-corrected chi connectivity index (χ3v) is 3.20. The number of amides is 2. The zero-order chi connectivity index (χ0) is 12.3. The highest BCUT2D eigenvalue weighted by Crippen LogP contribution is 2.31. The number of likely N-dealkylation sites (N-methyl/N-ethyl adjacent to an activating group) is 1. The maximum Gasteiger partial charge on any atom is 0.242 e.